The fourth-order valence-electron chi connectivity index (χ4n) is 2.31. The van der Waals surface area contributed by atoms with Crippen molar-refractivity contribution in [1.29, 1.82) is 0 Å². The molecule has 4 nitrogen and oxygen atoms in total. The van der Waals surface area contributed by atoms with E-state index in [0.29, 0.717) is 19.3 Å². The first-order valence-corrected chi connectivity index (χ1v) is 7.12. The van der Waals surface area contributed by atoms with Gasteiger partial charge in [-0.05, 0) is 45.0 Å². The SMILES string of the molecule is CCOc1ccccc1OCCN1CCC(N)CC1.Cl. The molecule has 0 bridgehead atoms. The van der Waals surface area contributed by atoms with Gasteiger partial charge in [-0.1, -0.05) is 12.1 Å². The van der Waals surface area contributed by atoms with Crippen LogP contribution >= 0.6 is 12.4 Å². The van der Waals surface area contributed by atoms with Crippen LogP contribution in [0, 0.1) is 0 Å². The van der Waals surface area contributed by atoms with Gasteiger partial charge in [-0.2, -0.15) is 0 Å². The summed E-state index contributed by atoms with van der Waals surface area (Å²) in [5.74, 6) is 1.66. The van der Waals surface area contributed by atoms with Crippen molar-refractivity contribution in [2.45, 2.75) is 25.8 Å². The van der Waals surface area contributed by atoms with E-state index in [1.807, 2.05) is 31.2 Å². The lowest BCUT2D eigenvalue weighted by atomic mass is 10.1. The number of para-hydroxylation sites is 2. The van der Waals surface area contributed by atoms with E-state index in [2.05, 4.69) is 4.90 Å². The van der Waals surface area contributed by atoms with Crippen molar-refractivity contribution in [1.82, 2.24) is 4.90 Å². The molecular formula is C15H25ClN2O2. The molecule has 114 valence electrons. The molecule has 1 aliphatic heterocycles. The summed E-state index contributed by atoms with van der Waals surface area (Å²) < 4.78 is 11.4. The Morgan fingerprint density at radius 2 is 1.75 bits per heavy atom. The van der Waals surface area contributed by atoms with Crippen molar-refractivity contribution >= 4 is 12.4 Å². The highest BCUT2D eigenvalue weighted by Gasteiger charge is 2.15. The third-order valence-corrected chi connectivity index (χ3v) is 3.45. The first kappa shape index (κ1) is 17.1. The molecule has 0 atom stereocenters. The maximum Gasteiger partial charge on any atom is 0.161 e. The molecule has 20 heavy (non-hydrogen) atoms. The molecule has 0 amide bonds. The fourth-order valence-corrected chi connectivity index (χ4v) is 2.31. The van der Waals surface area contributed by atoms with Crippen LogP contribution in [0.25, 0.3) is 0 Å². The average molecular weight is 301 g/mol. The monoisotopic (exact) mass is 300 g/mol. The minimum absolute atomic E-state index is 0. The number of piperidine rings is 1. The minimum atomic E-state index is 0. The van der Waals surface area contributed by atoms with Gasteiger partial charge >= 0.3 is 0 Å². The van der Waals surface area contributed by atoms with Gasteiger partial charge < -0.3 is 15.2 Å². The molecule has 0 aromatic heterocycles. The number of hydrogen-bond donors (Lipinski definition) is 1. The Morgan fingerprint density at radius 1 is 1.15 bits per heavy atom. The summed E-state index contributed by atoms with van der Waals surface area (Å²) in [6.07, 6.45) is 2.19. The zero-order valence-electron chi connectivity index (χ0n) is 12.1. The Bertz CT molecular complexity index is 382. The van der Waals surface area contributed by atoms with Crippen LogP contribution in [0.2, 0.25) is 0 Å². The van der Waals surface area contributed by atoms with E-state index >= 15 is 0 Å². The number of likely N-dealkylation sites (tertiary alicyclic amines) is 1. The van der Waals surface area contributed by atoms with E-state index < -0.39 is 0 Å². The van der Waals surface area contributed by atoms with Crippen LogP contribution in [0.5, 0.6) is 11.5 Å². The van der Waals surface area contributed by atoms with Crippen LogP contribution in [-0.4, -0.2) is 43.8 Å². The number of ether oxygens (including phenoxy) is 2. The van der Waals surface area contributed by atoms with Gasteiger partial charge in [0.1, 0.15) is 6.61 Å². The van der Waals surface area contributed by atoms with Gasteiger partial charge in [-0.15, -0.1) is 12.4 Å². The minimum Gasteiger partial charge on any atom is -0.490 e. The van der Waals surface area contributed by atoms with Crippen LogP contribution in [0.15, 0.2) is 24.3 Å². The summed E-state index contributed by atoms with van der Waals surface area (Å²) >= 11 is 0. The maximum absolute atomic E-state index is 5.90. The smallest absolute Gasteiger partial charge is 0.161 e. The first-order valence-electron chi connectivity index (χ1n) is 7.12. The second-order valence-corrected chi connectivity index (χ2v) is 4.91. The highest BCUT2D eigenvalue weighted by molar-refractivity contribution is 5.85. The van der Waals surface area contributed by atoms with Gasteiger partial charge in [-0.3, -0.25) is 4.90 Å². The molecule has 1 fully saturated rings. The van der Waals surface area contributed by atoms with Crippen molar-refractivity contribution in [2.75, 3.05) is 32.8 Å². The first-order chi connectivity index (χ1) is 9.29. The Kier molecular flexibility index (Phi) is 7.73. The van der Waals surface area contributed by atoms with Gasteiger partial charge in [0.2, 0.25) is 0 Å². The lowest BCUT2D eigenvalue weighted by molar-refractivity contribution is 0.171. The zero-order valence-corrected chi connectivity index (χ0v) is 12.9. The zero-order chi connectivity index (χ0) is 13.5. The molecule has 0 unspecified atom stereocenters. The normalized spacial score (nSPS) is 16.5. The van der Waals surface area contributed by atoms with Crippen LogP contribution < -0.4 is 15.2 Å². The van der Waals surface area contributed by atoms with E-state index in [4.69, 9.17) is 15.2 Å². The van der Waals surface area contributed by atoms with E-state index in [0.717, 1.165) is 44.0 Å². The summed E-state index contributed by atoms with van der Waals surface area (Å²) in [5, 5.41) is 0. The summed E-state index contributed by atoms with van der Waals surface area (Å²) in [4.78, 5) is 2.41. The number of nitrogens with zero attached hydrogens (tertiary/aromatic N) is 1. The molecule has 0 radical (unpaired) electrons. The van der Waals surface area contributed by atoms with Crippen molar-refractivity contribution in [2.24, 2.45) is 5.73 Å². The van der Waals surface area contributed by atoms with Crippen LogP contribution in [-0.2, 0) is 0 Å². The van der Waals surface area contributed by atoms with E-state index in [9.17, 15) is 0 Å². The number of halogens is 1. The van der Waals surface area contributed by atoms with Crippen molar-refractivity contribution in [3.05, 3.63) is 24.3 Å². The molecular weight excluding hydrogens is 276 g/mol. The van der Waals surface area contributed by atoms with Gasteiger partial charge in [0, 0.05) is 12.6 Å². The van der Waals surface area contributed by atoms with Crippen molar-refractivity contribution < 1.29 is 9.47 Å². The summed E-state index contributed by atoms with van der Waals surface area (Å²) in [7, 11) is 0. The molecule has 1 aromatic carbocycles. The number of rotatable bonds is 6. The number of benzene rings is 1. The topological polar surface area (TPSA) is 47.7 Å². The summed E-state index contributed by atoms with van der Waals surface area (Å²) in [5.41, 5.74) is 5.90. The molecule has 2 N–H and O–H groups in total. The van der Waals surface area contributed by atoms with Crippen LogP contribution in [0.3, 0.4) is 0 Å². The highest BCUT2D eigenvalue weighted by atomic mass is 35.5. The van der Waals surface area contributed by atoms with E-state index in [-0.39, 0.29) is 12.4 Å². The van der Waals surface area contributed by atoms with Gasteiger partial charge in [0.25, 0.3) is 0 Å². The highest BCUT2D eigenvalue weighted by Crippen LogP contribution is 2.26. The predicted octanol–water partition coefficient (Wildman–Crippen LogP) is 2.31. The fraction of sp³-hybridized carbons (Fsp3) is 0.600. The largest absolute Gasteiger partial charge is 0.490 e. The molecule has 1 aromatic rings. The summed E-state index contributed by atoms with van der Waals surface area (Å²) in [6, 6.07) is 8.22. The molecule has 0 spiro atoms. The molecule has 1 aliphatic rings. The number of nitrogens with two attached hydrogens (primary N) is 1. The van der Waals surface area contributed by atoms with E-state index in [1.54, 1.807) is 0 Å². The third-order valence-electron chi connectivity index (χ3n) is 3.45. The van der Waals surface area contributed by atoms with Gasteiger partial charge in [0.15, 0.2) is 11.5 Å². The Balaban J connectivity index is 0.00000200. The lowest BCUT2D eigenvalue weighted by Gasteiger charge is -2.29. The van der Waals surface area contributed by atoms with Gasteiger partial charge in [-0.25, -0.2) is 0 Å². The quantitative estimate of drug-likeness (QED) is 0.876. The van der Waals surface area contributed by atoms with E-state index in [1.165, 1.54) is 0 Å². The molecule has 1 heterocycles. The van der Waals surface area contributed by atoms with Crippen LogP contribution in [0.4, 0.5) is 0 Å². The van der Waals surface area contributed by atoms with Crippen molar-refractivity contribution in [3.63, 3.8) is 0 Å². The molecule has 0 saturated carbocycles. The predicted molar refractivity (Wildman–Crippen MR) is 84.0 cm³/mol. The lowest BCUT2D eigenvalue weighted by Crippen LogP contribution is -2.41. The summed E-state index contributed by atoms with van der Waals surface area (Å²) in [6.45, 7) is 6.44. The maximum atomic E-state index is 5.90. The second-order valence-electron chi connectivity index (χ2n) is 4.91. The average Bonchev–Trinajstić information content (AvgIpc) is 2.43. The molecule has 1 saturated heterocycles. The second kappa shape index (κ2) is 9.06. The Labute approximate surface area is 127 Å². The third kappa shape index (κ3) is 5.19. The van der Waals surface area contributed by atoms with Gasteiger partial charge in [0.05, 0.1) is 6.61 Å². The van der Waals surface area contributed by atoms with Crippen molar-refractivity contribution in [3.8, 4) is 11.5 Å². The Morgan fingerprint density at radius 3 is 2.35 bits per heavy atom. The number of hydrogen-bond acceptors (Lipinski definition) is 4. The van der Waals surface area contributed by atoms with Crippen LogP contribution in [0.1, 0.15) is 19.8 Å². The molecule has 5 heteroatoms. The standard InChI is InChI=1S/C15H24N2O2.ClH/c1-2-18-14-5-3-4-6-15(14)19-12-11-17-9-7-13(16)8-10-17;/h3-6,13H,2,7-12,16H2,1H3;1H. The molecule has 0 aliphatic carbocycles. The molecule has 2 rings (SSSR count). The Hall–Kier alpha value is -0.970.